The number of aliphatic carboxylic acids is 1. The molecule has 0 radical (unpaired) electrons. The van der Waals surface area contributed by atoms with E-state index < -0.39 is 12.1 Å². The molecular formula is C24H41Cl2F3O4. The number of aliphatic hydroxyl groups excluding tert-OH is 1. The van der Waals surface area contributed by atoms with Gasteiger partial charge in [0, 0.05) is 5.92 Å². The lowest BCUT2D eigenvalue weighted by Gasteiger charge is -2.34. The zero-order valence-electron chi connectivity index (χ0n) is 20.1. The quantitative estimate of drug-likeness (QED) is 0.342. The van der Waals surface area contributed by atoms with Gasteiger partial charge < -0.3 is 10.2 Å². The smallest absolute Gasteiger partial charge is 0.475 e. The number of ketones is 1. The summed E-state index contributed by atoms with van der Waals surface area (Å²) in [6.45, 7) is 6.38. The van der Waals surface area contributed by atoms with Crippen LogP contribution in [0, 0.1) is 29.6 Å². The lowest BCUT2D eigenvalue weighted by molar-refractivity contribution is -0.192. The fourth-order valence-electron chi connectivity index (χ4n) is 5.03. The van der Waals surface area contributed by atoms with Crippen LogP contribution < -0.4 is 0 Å². The minimum atomic E-state index is -5.08. The minimum Gasteiger partial charge on any atom is -0.475 e. The molecule has 4 nitrogen and oxygen atoms in total. The van der Waals surface area contributed by atoms with Crippen molar-refractivity contribution < 1.29 is 33.0 Å². The molecule has 2 atom stereocenters. The third-order valence-electron chi connectivity index (χ3n) is 7.18. The van der Waals surface area contributed by atoms with E-state index in [0.717, 1.165) is 24.7 Å². The molecular weight excluding hydrogens is 480 g/mol. The predicted molar refractivity (Wildman–Crippen MR) is 127 cm³/mol. The van der Waals surface area contributed by atoms with E-state index in [0.29, 0.717) is 17.6 Å². The van der Waals surface area contributed by atoms with E-state index in [2.05, 4.69) is 13.8 Å². The lowest BCUT2D eigenvalue weighted by atomic mass is 9.71. The summed E-state index contributed by atoms with van der Waals surface area (Å²) in [5.41, 5.74) is 0. The zero-order chi connectivity index (χ0) is 25.6. The maximum Gasteiger partial charge on any atom is 0.490 e. The number of Topliss-reactive ketones (excluding diaryl/α,β-unsaturated/α-hetero) is 1. The Morgan fingerprint density at radius 2 is 1.36 bits per heavy atom. The molecule has 0 spiro atoms. The van der Waals surface area contributed by atoms with Gasteiger partial charge in [0.25, 0.3) is 0 Å². The topological polar surface area (TPSA) is 74.6 Å². The molecule has 0 bridgehead atoms. The first-order valence-corrected chi connectivity index (χ1v) is 13.0. The summed E-state index contributed by atoms with van der Waals surface area (Å²) >= 11 is 9.53. The molecule has 33 heavy (non-hydrogen) atoms. The molecule has 2 unspecified atom stereocenters. The average molecular weight is 521 g/mol. The van der Waals surface area contributed by atoms with Crippen molar-refractivity contribution in [2.75, 3.05) is 5.34 Å². The molecule has 2 N–H and O–H groups in total. The SMILES string of the molecule is CCC1CCC(C(CCC(O)C2CCC(C)CC2)C(C)=O)CC1.ClCCl.O=C(O)C(F)(F)F. The van der Waals surface area contributed by atoms with Crippen LogP contribution in [0.3, 0.4) is 0 Å². The van der Waals surface area contributed by atoms with Gasteiger partial charge in [-0.15, -0.1) is 23.2 Å². The molecule has 0 aliphatic heterocycles. The van der Waals surface area contributed by atoms with Gasteiger partial charge in [0.15, 0.2) is 0 Å². The van der Waals surface area contributed by atoms with Gasteiger partial charge in [0.05, 0.1) is 11.4 Å². The monoisotopic (exact) mass is 520 g/mol. The molecule has 0 aromatic carbocycles. The van der Waals surface area contributed by atoms with E-state index >= 15 is 0 Å². The van der Waals surface area contributed by atoms with Crippen LogP contribution >= 0.6 is 23.2 Å². The van der Waals surface area contributed by atoms with Crippen molar-refractivity contribution in [2.24, 2.45) is 29.6 Å². The normalized spacial score (nSPS) is 27.2. The summed E-state index contributed by atoms with van der Waals surface area (Å²) in [7, 11) is 0. The summed E-state index contributed by atoms with van der Waals surface area (Å²) in [5, 5.41) is 17.9. The Morgan fingerprint density at radius 1 is 0.939 bits per heavy atom. The van der Waals surface area contributed by atoms with Crippen LogP contribution in [-0.4, -0.2) is 39.6 Å². The van der Waals surface area contributed by atoms with Crippen LogP contribution in [0.15, 0.2) is 0 Å². The summed E-state index contributed by atoms with van der Waals surface area (Å²) in [4.78, 5) is 21.0. The third-order valence-corrected chi connectivity index (χ3v) is 7.18. The number of rotatable bonds is 7. The molecule has 0 amide bonds. The van der Waals surface area contributed by atoms with Crippen molar-refractivity contribution >= 4 is 35.0 Å². The van der Waals surface area contributed by atoms with E-state index in [4.69, 9.17) is 33.1 Å². The second-order valence-electron chi connectivity index (χ2n) is 9.47. The second kappa shape index (κ2) is 17.0. The molecule has 2 rings (SSSR count). The maximum atomic E-state index is 12.1. The zero-order valence-corrected chi connectivity index (χ0v) is 21.6. The van der Waals surface area contributed by atoms with Crippen LogP contribution in [-0.2, 0) is 9.59 Å². The summed E-state index contributed by atoms with van der Waals surface area (Å²) in [6, 6.07) is 0. The first-order chi connectivity index (χ1) is 15.4. The number of carboxylic acids is 1. The molecule has 0 aromatic heterocycles. The minimum absolute atomic E-state index is 0.184. The standard InChI is InChI=1S/C21H38O2.C2HF3O2.CH2Cl2/c1-4-17-7-11-18(12-8-17)20(16(3)22)13-14-21(23)19-9-5-15(2)6-10-19;3-2(4,5)1(6)7;2-1-3/h15,17-21,23H,4-14H2,1-3H3;(H,6,7);1H2. The van der Waals surface area contributed by atoms with Gasteiger partial charge in [0.1, 0.15) is 5.78 Å². The molecule has 2 saturated carbocycles. The average Bonchev–Trinajstić information content (AvgIpc) is 2.75. The van der Waals surface area contributed by atoms with Gasteiger partial charge in [0.2, 0.25) is 0 Å². The first kappa shape index (κ1) is 32.5. The van der Waals surface area contributed by atoms with Gasteiger partial charge in [-0.2, -0.15) is 13.2 Å². The van der Waals surface area contributed by atoms with Gasteiger partial charge in [-0.25, -0.2) is 4.79 Å². The van der Waals surface area contributed by atoms with Gasteiger partial charge in [-0.1, -0.05) is 46.0 Å². The molecule has 2 aliphatic carbocycles. The number of alkyl halides is 5. The second-order valence-corrected chi connectivity index (χ2v) is 10.3. The maximum absolute atomic E-state index is 12.1. The van der Waals surface area contributed by atoms with Crippen LogP contribution in [0.4, 0.5) is 13.2 Å². The lowest BCUT2D eigenvalue weighted by Crippen LogP contribution is -2.30. The number of hydrogen-bond acceptors (Lipinski definition) is 3. The fourth-order valence-corrected chi connectivity index (χ4v) is 5.03. The number of carbonyl (C=O) groups is 2. The number of halogens is 5. The van der Waals surface area contributed by atoms with Gasteiger partial charge in [-0.3, -0.25) is 4.79 Å². The van der Waals surface area contributed by atoms with E-state index in [1.54, 1.807) is 6.92 Å². The van der Waals surface area contributed by atoms with Crippen molar-refractivity contribution in [2.45, 2.75) is 104 Å². The largest absolute Gasteiger partial charge is 0.490 e. The van der Waals surface area contributed by atoms with Crippen LogP contribution in [0.1, 0.15) is 91.4 Å². The molecule has 2 aliphatic rings. The van der Waals surface area contributed by atoms with Crippen LogP contribution in [0.25, 0.3) is 0 Å². The van der Waals surface area contributed by atoms with Crippen molar-refractivity contribution in [3.63, 3.8) is 0 Å². The van der Waals surface area contributed by atoms with Crippen molar-refractivity contribution in [3.8, 4) is 0 Å². The highest BCUT2D eigenvalue weighted by Crippen LogP contribution is 2.38. The Labute approximate surface area is 206 Å². The Hall–Kier alpha value is -0.530. The molecule has 0 saturated heterocycles. The highest BCUT2D eigenvalue weighted by molar-refractivity contribution is 6.40. The van der Waals surface area contributed by atoms with Crippen molar-refractivity contribution in [3.05, 3.63) is 0 Å². The third kappa shape index (κ3) is 13.8. The fraction of sp³-hybridized carbons (Fsp3) is 0.917. The predicted octanol–water partition coefficient (Wildman–Crippen LogP) is 7.43. The van der Waals surface area contributed by atoms with Crippen molar-refractivity contribution in [1.82, 2.24) is 0 Å². The molecule has 0 aromatic rings. The van der Waals surface area contributed by atoms with Crippen LogP contribution in [0.5, 0.6) is 0 Å². The Kier molecular flexibility index (Phi) is 16.7. The highest BCUT2D eigenvalue weighted by Gasteiger charge is 2.38. The Balaban J connectivity index is 0.000000863. The van der Waals surface area contributed by atoms with Crippen molar-refractivity contribution in [1.29, 1.82) is 0 Å². The first-order valence-electron chi connectivity index (χ1n) is 12.0. The van der Waals surface area contributed by atoms with E-state index in [9.17, 15) is 23.1 Å². The molecule has 2 fully saturated rings. The number of carbonyl (C=O) groups excluding carboxylic acids is 1. The number of hydrogen-bond donors (Lipinski definition) is 2. The van der Waals surface area contributed by atoms with E-state index in [1.807, 2.05) is 0 Å². The summed E-state index contributed by atoms with van der Waals surface area (Å²) < 4.78 is 31.7. The van der Waals surface area contributed by atoms with Gasteiger partial charge >= 0.3 is 12.1 Å². The Morgan fingerprint density at radius 3 is 1.73 bits per heavy atom. The van der Waals surface area contributed by atoms with E-state index in [-0.39, 0.29) is 17.4 Å². The number of aliphatic hydroxyl groups is 1. The highest BCUT2D eigenvalue weighted by atomic mass is 35.5. The Bertz CT molecular complexity index is 544. The molecule has 9 heteroatoms. The molecule has 196 valence electrons. The van der Waals surface area contributed by atoms with Crippen LogP contribution in [0.2, 0.25) is 0 Å². The van der Waals surface area contributed by atoms with Gasteiger partial charge in [-0.05, 0) is 69.1 Å². The van der Waals surface area contributed by atoms with E-state index in [1.165, 1.54) is 57.8 Å². The summed E-state index contributed by atoms with van der Waals surface area (Å²) in [5.74, 6) is 0.571. The number of carboxylic acid groups (broad SMARTS) is 1. The summed E-state index contributed by atoms with van der Waals surface area (Å²) in [6.07, 6.45) is 7.68. The molecule has 0 heterocycles.